The molecule has 1 saturated carbocycles. The van der Waals surface area contributed by atoms with E-state index in [-0.39, 0.29) is 23.0 Å². The van der Waals surface area contributed by atoms with Gasteiger partial charge in [-0.15, -0.1) is 0 Å². The van der Waals surface area contributed by atoms with E-state index in [0.29, 0.717) is 37.9 Å². The molecule has 31 heavy (non-hydrogen) atoms. The van der Waals surface area contributed by atoms with Crippen molar-refractivity contribution in [2.45, 2.75) is 31.2 Å². The number of carbonyl (C=O) groups is 2. The Morgan fingerprint density at radius 1 is 1.35 bits per heavy atom. The minimum absolute atomic E-state index is 0.0232. The number of ether oxygens (including phenoxy) is 1. The van der Waals surface area contributed by atoms with Crippen molar-refractivity contribution in [3.05, 3.63) is 40.8 Å². The first-order chi connectivity index (χ1) is 14.5. The van der Waals surface area contributed by atoms with E-state index >= 15 is 0 Å². The van der Waals surface area contributed by atoms with Gasteiger partial charge >= 0.3 is 12.1 Å². The van der Waals surface area contributed by atoms with Crippen molar-refractivity contribution in [2.24, 2.45) is 11.7 Å². The van der Waals surface area contributed by atoms with Gasteiger partial charge in [0.1, 0.15) is 0 Å². The number of methoxy groups -OCH3 is 1. The Hall–Kier alpha value is -2.99. The fourth-order valence-electron chi connectivity index (χ4n) is 3.16. The Kier molecular flexibility index (Phi) is 7.74. The number of fused-ring (bicyclic) bond motifs is 1. The Morgan fingerprint density at radius 2 is 1.97 bits per heavy atom. The third-order valence-corrected chi connectivity index (χ3v) is 5.04. The second kappa shape index (κ2) is 9.88. The number of hydrogen-bond acceptors (Lipinski definition) is 6. The number of carboxylic acid groups (broad SMARTS) is 1. The van der Waals surface area contributed by atoms with E-state index < -0.39 is 12.1 Å². The third-order valence-electron chi connectivity index (χ3n) is 5.04. The second-order valence-corrected chi connectivity index (χ2v) is 7.05. The van der Waals surface area contributed by atoms with Crippen molar-refractivity contribution in [2.75, 3.05) is 20.2 Å². The predicted molar refractivity (Wildman–Crippen MR) is 104 cm³/mol. The first kappa shape index (κ1) is 24.3. The van der Waals surface area contributed by atoms with E-state index in [9.17, 15) is 22.8 Å². The number of nitrogens with zero attached hydrogens (tertiary/aromatic N) is 2. The number of aliphatic carboxylic acids is 1. The fraction of sp³-hybridized carbons (Fsp3) is 0.474. The zero-order chi connectivity index (χ0) is 23.2. The number of benzene rings is 1. The number of carbonyl (C=O) groups excluding carboxylic acids is 1. The summed E-state index contributed by atoms with van der Waals surface area (Å²) in [5.74, 6) is -2.85. The van der Waals surface area contributed by atoms with Crippen LogP contribution in [0.15, 0.2) is 35.3 Å². The summed E-state index contributed by atoms with van der Waals surface area (Å²) in [6.07, 6.45) is -2.14. The van der Waals surface area contributed by atoms with Crippen LogP contribution in [0.5, 0.6) is 0 Å². The maximum atomic E-state index is 12.3. The lowest BCUT2D eigenvalue weighted by Gasteiger charge is -2.44. The van der Waals surface area contributed by atoms with Crippen LogP contribution in [0.3, 0.4) is 0 Å². The van der Waals surface area contributed by atoms with Gasteiger partial charge in [-0.1, -0.05) is 18.2 Å². The molecule has 1 fully saturated rings. The molecule has 0 bridgehead atoms. The molecule has 170 valence electrons. The van der Waals surface area contributed by atoms with Gasteiger partial charge in [0.15, 0.2) is 0 Å². The molecule has 2 aromatic rings. The van der Waals surface area contributed by atoms with Crippen LogP contribution in [0.4, 0.5) is 13.2 Å². The van der Waals surface area contributed by atoms with E-state index in [1.54, 1.807) is 19.4 Å². The highest BCUT2D eigenvalue weighted by Gasteiger charge is 2.46. The average Bonchev–Trinajstić information content (AvgIpc) is 2.70. The maximum Gasteiger partial charge on any atom is 0.490 e. The van der Waals surface area contributed by atoms with Crippen LogP contribution < -0.4 is 16.6 Å². The molecule has 3 rings (SSSR count). The van der Waals surface area contributed by atoms with Crippen LogP contribution in [0.2, 0.25) is 0 Å². The zero-order valence-electron chi connectivity index (χ0n) is 16.7. The number of halogens is 3. The molecule has 0 aliphatic heterocycles. The highest BCUT2D eigenvalue weighted by Crippen LogP contribution is 2.39. The van der Waals surface area contributed by atoms with Crippen LogP contribution in [-0.2, 0) is 20.9 Å². The maximum absolute atomic E-state index is 12.3. The van der Waals surface area contributed by atoms with Crippen molar-refractivity contribution < 1.29 is 32.6 Å². The monoisotopic (exact) mass is 444 g/mol. The number of alkyl halides is 3. The second-order valence-electron chi connectivity index (χ2n) is 7.05. The topological polar surface area (TPSA) is 137 Å². The molecule has 0 spiro atoms. The van der Waals surface area contributed by atoms with E-state index in [1.807, 2.05) is 18.2 Å². The van der Waals surface area contributed by atoms with Gasteiger partial charge in [-0.05, 0) is 18.9 Å². The molecule has 1 aromatic heterocycles. The summed E-state index contributed by atoms with van der Waals surface area (Å²) in [7, 11) is 1.62. The van der Waals surface area contributed by atoms with Crippen LogP contribution in [0.25, 0.3) is 10.8 Å². The molecule has 4 N–H and O–H groups in total. The molecule has 12 heteroatoms. The molecule has 0 atom stereocenters. The molecule has 0 radical (unpaired) electrons. The standard InChI is InChI=1S/C17H22N4O3.C2HF3O2/c1-24-17(11-18)8-13(9-17)15(22)19-6-7-21-16(23)14-5-3-2-4-12(14)10-20-21;3-2(4,5)1(6)7/h2-5,10,13H,6-9,11,18H2,1H3,(H,19,22);(H,6,7). The van der Waals surface area contributed by atoms with Crippen molar-refractivity contribution in [3.8, 4) is 0 Å². The first-order valence-electron chi connectivity index (χ1n) is 9.31. The van der Waals surface area contributed by atoms with Crippen LogP contribution in [-0.4, -0.2) is 58.7 Å². The van der Waals surface area contributed by atoms with Gasteiger partial charge in [0.05, 0.1) is 23.7 Å². The lowest BCUT2D eigenvalue weighted by molar-refractivity contribution is -0.192. The lowest BCUT2D eigenvalue weighted by Crippen LogP contribution is -2.55. The summed E-state index contributed by atoms with van der Waals surface area (Å²) in [5, 5.41) is 15.6. The minimum atomic E-state index is -5.08. The van der Waals surface area contributed by atoms with Gasteiger partial charge in [0.25, 0.3) is 5.56 Å². The summed E-state index contributed by atoms with van der Waals surface area (Å²) in [4.78, 5) is 33.3. The van der Waals surface area contributed by atoms with E-state index in [1.165, 1.54) is 4.68 Å². The van der Waals surface area contributed by atoms with Gasteiger partial charge in [0, 0.05) is 31.5 Å². The van der Waals surface area contributed by atoms with Crippen molar-refractivity contribution >= 4 is 22.6 Å². The lowest BCUT2D eigenvalue weighted by atomic mass is 9.70. The summed E-state index contributed by atoms with van der Waals surface area (Å²) < 4.78 is 38.5. The molecule has 9 nitrogen and oxygen atoms in total. The third kappa shape index (κ3) is 6.01. The van der Waals surface area contributed by atoms with Crippen LogP contribution in [0.1, 0.15) is 12.8 Å². The van der Waals surface area contributed by atoms with Gasteiger partial charge < -0.3 is 20.9 Å². The highest BCUT2D eigenvalue weighted by molar-refractivity contribution is 5.80. The summed E-state index contributed by atoms with van der Waals surface area (Å²) in [6.45, 7) is 1.13. The largest absolute Gasteiger partial charge is 0.490 e. The normalized spacial score (nSPS) is 20.4. The Bertz CT molecular complexity index is 980. The molecule has 1 aromatic carbocycles. The number of nitrogens with one attached hydrogen (secondary N) is 1. The van der Waals surface area contributed by atoms with Crippen LogP contribution >= 0.6 is 0 Å². The van der Waals surface area contributed by atoms with Crippen molar-refractivity contribution in [1.82, 2.24) is 15.1 Å². The number of rotatable bonds is 6. The van der Waals surface area contributed by atoms with E-state index in [0.717, 1.165) is 5.39 Å². The summed E-state index contributed by atoms with van der Waals surface area (Å²) in [6, 6.07) is 7.33. The Morgan fingerprint density at radius 3 is 2.52 bits per heavy atom. The molecule has 1 aliphatic rings. The molecular weight excluding hydrogens is 421 g/mol. The van der Waals surface area contributed by atoms with Crippen molar-refractivity contribution in [3.63, 3.8) is 0 Å². The number of aromatic nitrogens is 2. The van der Waals surface area contributed by atoms with Gasteiger partial charge in [-0.25, -0.2) is 9.48 Å². The van der Waals surface area contributed by atoms with Gasteiger partial charge in [-0.3, -0.25) is 9.59 Å². The molecule has 1 aliphatic carbocycles. The SMILES string of the molecule is COC1(CN)CC(C(=O)NCCn2ncc3ccccc3c2=O)C1.O=C(O)C(F)(F)F. The fourth-order valence-corrected chi connectivity index (χ4v) is 3.16. The number of amides is 1. The van der Waals surface area contributed by atoms with Gasteiger partial charge in [-0.2, -0.15) is 18.3 Å². The predicted octanol–water partition coefficient (Wildman–Crippen LogP) is 0.900. The Balaban J connectivity index is 0.000000423. The minimum Gasteiger partial charge on any atom is -0.475 e. The highest BCUT2D eigenvalue weighted by atomic mass is 19.4. The van der Waals surface area contributed by atoms with E-state index in [2.05, 4.69) is 10.4 Å². The molecule has 0 saturated heterocycles. The molecule has 0 unspecified atom stereocenters. The summed E-state index contributed by atoms with van der Waals surface area (Å²) >= 11 is 0. The number of hydrogen-bond donors (Lipinski definition) is 3. The van der Waals surface area contributed by atoms with E-state index in [4.69, 9.17) is 20.4 Å². The molecule has 1 heterocycles. The molecule has 1 amide bonds. The first-order valence-corrected chi connectivity index (χ1v) is 9.31. The number of carboxylic acids is 1. The number of nitrogens with two attached hydrogens (primary N) is 1. The Labute approximate surface area is 175 Å². The average molecular weight is 444 g/mol. The zero-order valence-corrected chi connectivity index (χ0v) is 16.7. The molecular formula is C19H23F3N4O5. The van der Waals surface area contributed by atoms with Crippen LogP contribution in [0, 0.1) is 5.92 Å². The smallest absolute Gasteiger partial charge is 0.475 e. The van der Waals surface area contributed by atoms with Gasteiger partial charge in [0.2, 0.25) is 5.91 Å². The summed E-state index contributed by atoms with van der Waals surface area (Å²) in [5.41, 5.74) is 5.18. The van der Waals surface area contributed by atoms with Crippen molar-refractivity contribution in [1.29, 1.82) is 0 Å². The quantitative estimate of drug-likeness (QED) is 0.602.